The van der Waals surface area contributed by atoms with E-state index in [1.165, 1.54) is 6.20 Å². The lowest BCUT2D eigenvalue weighted by Gasteiger charge is -2.09. The number of ether oxygens (including phenoxy) is 1. The molecular weight excluding hydrogens is 269 g/mol. The fourth-order valence-electron chi connectivity index (χ4n) is 1.39. The molecule has 0 saturated carbocycles. The number of nitro groups is 1. The van der Waals surface area contributed by atoms with E-state index >= 15 is 0 Å². The minimum atomic E-state index is -0.862. The summed E-state index contributed by atoms with van der Waals surface area (Å²) in [4.78, 5) is 17.6. The number of nitro benzene ring substituents is 1. The largest absolute Gasteiger partial charge is 0.435 e. The zero-order valence-electron chi connectivity index (χ0n) is 10.3. The van der Waals surface area contributed by atoms with Gasteiger partial charge in [0.25, 0.3) is 5.69 Å². The van der Waals surface area contributed by atoms with Gasteiger partial charge in [-0.1, -0.05) is 0 Å². The molecule has 0 unspecified atom stereocenters. The number of aromatic nitrogens is 2. The Kier molecular flexibility index (Phi) is 3.71. The first kappa shape index (κ1) is 13.6. The van der Waals surface area contributed by atoms with Crippen LogP contribution in [0.25, 0.3) is 0 Å². The highest BCUT2D eigenvalue weighted by Crippen LogP contribution is 2.28. The first-order valence-corrected chi connectivity index (χ1v) is 5.43. The number of nitrogens with zero attached hydrogens (tertiary/aromatic N) is 3. The Morgan fingerprint density at radius 3 is 2.85 bits per heavy atom. The van der Waals surface area contributed by atoms with Gasteiger partial charge in [0.05, 0.1) is 11.0 Å². The maximum Gasteiger partial charge on any atom is 0.272 e. The molecule has 0 amide bonds. The second kappa shape index (κ2) is 5.45. The molecule has 0 aliphatic rings. The third-order valence-electron chi connectivity index (χ3n) is 2.39. The lowest BCUT2D eigenvalue weighted by molar-refractivity contribution is -0.385. The van der Waals surface area contributed by atoms with Crippen molar-refractivity contribution < 1.29 is 14.1 Å². The standard InChI is InChI=1S/C11H10FN5O3/c1-6-5-14-11(16-13)15-10(6)20-9-3-2-7(17(18)19)4-8(9)12/h2-5H,13H2,1H3,(H,14,15,16). The molecule has 9 heteroatoms. The Morgan fingerprint density at radius 1 is 1.50 bits per heavy atom. The summed E-state index contributed by atoms with van der Waals surface area (Å²) in [5.41, 5.74) is 2.43. The van der Waals surface area contributed by atoms with E-state index in [9.17, 15) is 14.5 Å². The molecule has 0 atom stereocenters. The maximum atomic E-state index is 13.7. The number of nitrogens with two attached hydrogens (primary N) is 1. The number of hydrogen-bond donors (Lipinski definition) is 2. The SMILES string of the molecule is Cc1cnc(NN)nc1Oc1ccc([N+](=O)[O-])cc1F. The Hall–Kier alpha value is -2.81. The van der Waals surface area contributed by atoms with E-state index in [-0.39, 0.29) is 23.3 Å². The zero-order chi connectivity index (χ0) is 14.7. The molecule has 0 aliphatic carbocycles. The molecule has 8 nitrogen and oxygen atoms in total. The van der Waals surface area contributed by atoms with Crippen molar-refractivity contribution in [2.75, 3.05) is 5.43 Å². The van der Waals surface area contributed by atoms with Crippen LogP contribution in [0.3, 0.4) is 0 Å². The topological polar surface area (TPSA) is 116 Å². The molecule has 0 bridgehead atoms. The molecule has 0 radical (unpaired) electrons. The first-order chi connectivity index (χ1) is 9.51. The Labute approximate surface area is 112 Å². The van der Waals surface area contributed by atoms with Crippen LogP contribution in [-0.4, -0.2) is 14.9 Å². The van der Waals surface area contributed by atoms with Crippen LogP contribution < -0.4 is 16.0 Å². The van der Waals surface area contributed by atoms with Gasteiger partial charge in [-0.25, -0.2) is 15.2 Å². The van der Waals surface area contributed by atoms with Gasteiger partial charge in [0, 0.05) is 17.8 Å². The number of hydrazine groups is 1. The molecule has 3 N–H and O–H groups in total. The van der Waals surface area contributed by atoms with E-state index in [4.69, 9.17) is 10.6 Å². The summed E-state index contributed by atoms with van der Waals surface area (Å²) in [5.74, 6) is 4.33. The van der Waals surface area contributed by atoms with E-state index < -0.39 is 10.7 Å². The second-order valence-electron chi connectivity index (χ2n) is 3.80. The summed E-state index contributed by atoms with van der Waals surface area (Å²) in [6.45, 7) is 1.67. The van der Waals surface area contributed by atoms with E-state index in [0.29, 0.717) is 5.56 Å². The third kappa shape index (κ3) is 2.78. The third-order valence-corrected chi connectivity index (χ3v) is 2.39. The van der Waals surface area contributed by atoms with Crippen LogP contribution in [0.15, 0.2) is 24.4 Å². The van der Waals surface area contributed by atoms with Gasteiger partial charge in [-0.2, -0.15) is 4.98 Å². The highest BCUT2D eigenvalue weighted by Gasteiger charge is 2.14. The molecular formula is C11H10FN5O3. The Bertz CT molecular complexity index is 665. The molecule has 0 fully saturated rings. The summed E-state index contributed by atoms with van der Waals surface area (Å²) in [6.07, 6.45) is 1.45. The lowest BCUT2D eigenvalue weighted by atomic mass is 10.3. The predicted molar refractivity (Wildman–Crippen MR) is 67.7 cm³/mol. The van der Waals surface area contributed by atoms with Gasteiger partial charge in [-0.15, -0.1) is 0 Å². The van der Waals surface area contributed by atoms with Crippen molar-refractivity contribution in [2.24, 2.45) is 5.84 Å². The van der Waals surface area contributed by atoms with Crippen LogP contribution in [0.1, 0.15) is 5.56 Å². The molecule has 20 heavy (non-hydrogen) atoms. The number of non-ortho nitro benzene ring substituents is 1. The summed E-state index contributed by atoms with van der Waals surface area (Å²) in [7, 11) is 0. The summed E-state index contributed by atoms with van der Waals surface area (Å²) in [6, 6.07) is 3.07. The average molecular weight is 279 g/mol. The molecule has 2 aromatic rings. The van der Waals surface area contributed by atoms with Gasteiger partial charge in [0.2, 0.25) is 11.8 Å². The molecule has 1 aromatic heterocycles. The van der Waals surface area contributed by atoms with Crippen molar-refractivity contribution in [2.45, 2.75) is 6.92 Å². The zero-order valence-corrected chi connectivity index (χ0v) is 10.3. The number of nitrogen functional groups attached to an aromatic ring is 1. The van der Waals surface area contributed by atoms with Crippen LogP contribution >= 0.6 is 0 Å². The van der Waals surface area contributed by atoms with Gasteiger partial charge in [-0.05, 0) is 13.0 Å². The average Bonchev–Trinajstić information content (AvgIpc) is 2.43. The first-order valence-electron chi connectivity index (χ1n) is 5.43. The molecule has 1 heterocycles. The van der Waals surface area contributed by atoms with Gasteiger partial charge < -0.3 is 4.74 Å². The van der Waals surface area contributed by atoms with Crippen LogP contribution in [-0.2, 0) is 0 Å². The highest BCUT2D eigenvalue weighted by molar-refractivity contribution is 5.41. The van der Waals surface area contributed by atoms with Crippen molar-refractivity contribution in [3.8, 4) is 11.6 Å². The number of halogens is 1. The van der Waals surface area contributed by atoms with Crippen LogP contribution in [0, 0.1) is 22.9 Å². The lowest BCUT2D eigenvalue weighted by Crippen LogP contribution is -2.11. The Morgan fingerprint density at radius 2 is 2.25 bits per heavy atom. The number of benzene rings is 1. The van der Waals surface area contributed by atoms with Gasteiger partial charge in [0.15, 0.2) is 11.6 Å². The number of anilines is 1. The molecule has 0 saturated heterocycles. The smallest absolute Gasteiger partial charge is 0.272 e. The molecule has 0 spiro atoms. The summed E-state index contributed by atoms with van der Waals surface area (Å²) < 4.78 is 19.0. The summed E-state index contributed by atoms with van der Waals surface area (Å²) >= 11 is 0. The van der Waals surface area contributed by atoms with Crippen LogP contribution in [0.5, 0.6) is 11.6 Å². The van der Waals surface area contributed by atoms with Crippen molar-refractivity contribution in [3.63, 3.8) is 0 Å². The van der Waals surface area contributed by atoms with Crippen LogP contribution in [0.4, 0.5) is 16.0 Å². The molecule has 2 rings (SSSR count). The van der Waals surface area contributed by atoms with Gasteiger partial charge >= 0.3 is 0 Å². The van der Waals surface area contributed by atoms with Crippen molar-refractivity contribution in [1.82, 2.24) is 9.97 Å². The number of hydrogen-bond acceptors (Lipinski definition) is 7. The molecule has 1 aromatic carbocycles. The highest BCUT2D eigenvalue weighted by atomic mass is 19.1. The normalized spacial score (nSPS) is 10.2. The number of rotatable bonds is 4. The monoisotopic (exact) mass is 279 g/mol. The van der Waals surface area contributed by atoms with Gasteiger partial charge in [0.1, 0.15) is 0 Å². The van der Waals surface area contributed by atoms with Crippen molar-refractivity contribution >= 4 is 11.6 Å². The van der Waals surface area contributed by atoms with E-state index in [2.05, 4.69) is 15.4 Å². The molecule has 0 aliphatic heterocycles. The number of aryl methyl sites for hydroxylation is 1. The minimum Gasteiger partial charge on any atom is -0.435 e. The van der Waals surface area contributed by atoms with E-state index in [0.717, 1.165) is 18.2 Å². The quantitative estimate of drug-likeness (QED) is 0.498. The fraction of sp³-hybridized carbons (Fsp3) is 0.0909. The van der Waals surface area contributed by atoms with Gasteiger partial charge in [-0.3, -0.25) is 15.5 Å². The molecule has 104 valence electrons. The van der Waals surface area contributed by atoms with Crippen molar-refractivity contribution in [3.05, 3.63) is 45.9 Å². The second-order valence-corrected chi connectivity index (χ2v) is 3.80. The minimum absolute atomic E-state index is 0.0979. The number of nitrogens with one attached hydrogen (secondary N) is 1. The predicted octanol–water partition coefficient (Wildman–Crippen LogP) is 1.91. The van der Waals surface area contributed by atoms with E-state index in [1.54, 1.807) is 6.92 Å². The van der Waals surface area contributed by atoms with Crippen molar-refractivity contribution in [1.29, 1.82) is 0 Å². The Balaban J connectivity index is 2.32. The maximum absolute atomic E-state index is 13.7. The van der Waals surface area contributed by atoms with E-state index in [1.807, 2.05) is 0 Å². The van der Waals surface area contributed by atoms with Crippen LogP contribution in [0.2, 0.25) is 0 Å². The summed E-state index contributed by atoms with van der Waals surface area (Å²) in [5, 5.41) is 10.5. The fourth-order valence-corrected chi connectivity index (χ4v) is 1.39.